The Balaban J connectivity index is 3.04. The standard InChI is InChI=1S/C7H17ClOSi/c1-4-5-6-10-9-7(2,3)8/h4-6,10H2,1-3H3. The summed E-state index contributed by atoms with van der Waals surface area (Å²) in [5, 5.41) is -0.417. The first-order chi connectivity index (χ1) is 4.56. The van der Waals surface area contributed by atoms with Gasteiger partial charge in [0.15, 0.2) is 9.76 Å². The Kier molecular flexibility index (Phi) is 5.40. The van der Waals surface area contributed by atoms with Gasteiger partial charge in [0.1, 0.15) is 5.06 Å². The average Bonchev–Trinajstić information content (AvgIpc) is 1.78. The lowest BCUT2D eigenvalue weighted by Crippen LogP contribution is -2.18. The quantitative estimate of drug-likeness (QED) is 0.359. The average molecular weight is 181 g/mol. The highest BCUT2D eigenvalue weighted by atomic mass is 35.5. The number of hydrogen-bond donors (Lipinski definition) is 0. The Hall–Kier alpha value is 0.467. The summed E-state index contributed by atoms with van der Waals surface area (Å²) in [5.74, 6) is 0. The lowest BCUT2D eigenvalue weighted by molar-refractivity contribution is 0.209. The molecular weight excluding hydrogens is 164 g/mol. The first-order valence-electron chi connectivity index (χ1n) is 3.89. The zero-order chi connectivity index (χ0) is 8.04. The number of alkyl halides is 1. The molecule has 0 saturated heterocycles. The van der Waals surface area contributed by atoms with E-state index in [0.717, 1.165) is 0 Å². The van der Waals surface area contributed by atoms with Crippen LogP contribution in [0, 0.1) is 0 Å². The minimum Gasteiger partial charge on any atom is -0.406 e. The summed E-state index contributed by atoms with van der Waals surface area (Å²) in [6.45, 7) is 5.99. The normalized spacial score (nSPS) is 13.2. The molecule has 0 aliphatic heterocycles. The van der Waals surface area contributed by atoms with Gasteiger partial charge in [-0.05, 0) is 19.9 Å². The summed E-state index contributed by atoms with van der Waals surface area (Å²) < 4.78 is 5.44. The minimum absolute atomic E-state index is 0.336. The van der Waals surface area contributed by atoms with Gasteiger partial charge in [-0.15, -0.1) is 0 Å². The highest BCUT2D eigenvalue weighted by Gasteiger charge is 2.11. The number of unbranched alkanes of at least 4 members (excludes halogenated alkanes) is 1. The van der Waals surface area contributed by atoms with Gasteiger partial charge >= 0.3 is 0 Å². The maximum atomic E-state index is 5.82. The molecule has 3 heteroatoms. The van der Waals surface area contributed by atoms with Crippen LogP contribution >= 0.6 is 11.6 Å². The molecule has 0 aromatic rings. The Morgan fingerprint density at radius 2 is 2.10 bits per heavy atom. The molecule has 0 unspecified atom stereocenters. The summed E-state index contributed by atoms with van der Waals surface area (Å²) in [4.78, 5) is 0. The van der Waals surface area contributed by atoms with E-state index in [9.17, 15) is 0 Å². The Morgan fingerprint density at radius 3 is 2.50 bits per heavy atom. The van der Waals surface area contributed by atoms with Gasteiger partial charge in [-0.1, -0.05) is 31.4 Å². The molecule has 1 nitrogen and oxygen atoms in total. The molecule has 0 N–H and O–H groups in total. The van der Waals surface area contributed by atoms with Gasteiger partial charge in [-0.25, -0.2) is 0 Å². The van der Waals surface area contributed by atoms with Crippen molar-refractivity contribution in [2.75, 3.05) is 0 Å². The van der Waals surface area contributed by atoms with Crippen molar-refractivity contribution in [3.05, 3.63) is 0 Å². The first-order valence-corrected chi connectivity index (χ1v) is 5.84. The highest BCUT2D eigenvalue weighted by Crippen LogP contribution is 2.13. The van der Waals surface area contributed by atoms with E-state index >= 15 is 0 Å². The Bertz CT molecular complexity index is 80.2. The van der Waals surface area contributed by atoms with E-state index in [4.69, 9.17) is 16.0 Å². The van der Waals surface area contributed by atoms with Crippen LogP contribution in [0.3, 0.4) is 0 Å². The molecule has 0 aromatic heterocycles. The topological polar surface area (TPSA) is 9.23 Å². The van der Waals surface area contributed by atoms with Crippen LogP contribution in [0.4, 0.5) is 0 Å². The van der Waals surface area contributed by atoms with E-state index in [2.05, 4.69) is 6.92 Å². The van der Waals surface area contributed by atoms with E-state index in [1.54, 1.807) is 0 Å². The minimum atomic E-state index is -0.417. The third-order valence-electron chi connectivity index (χ3n) is 1.19. The van der Waals surface area contributed by atoms with Crippen LogP contribution in [-0.2, 0) is 4.43 Å². The van der Waals surface area contributed by atoms with Crippen LogP contribution < -0.4 is 0 Å². The van der Waals surface area contributed by atoms with Crippen molar-refractivity contribution in [2.45, 2.75) is 44.7 Å². The Morgan fingerprint density at radius 1 is 1.50 bits per heavy atom. The summed E-state index contributed by atoms with van der Waals surface area (Å²) >= 11 is 5.82. The van der Waals surface area contributed by atoms with Crippen molar-refractivity contribution in [1.82, 2.24) is 0 Å². The van der Waals surface area contributed by atoms with Crippen molar-refractivity contribution < 1.29 is 4.43 Å². The maximum absolute atomic E-state index is 5.82. The second-order valence-corrected chi connectivity index (χ2v) is 5.23. The summed E-state index contributed by atoms with van der Waals surface area (Å²) in [5.41, 5.74) is 0. The molecule has 0 saturated carbocycles. The molecule has 0 atom stereocenters. The van der Waals surface area contributed by atoms with Crippen LogP contribution in [0.1, 0.15) is 33.6 Å². The lowest BCUT2D eigenvalue weighted by atomic mass is 10.4. The molecule has 0 aromatic carbocycles. The predicted octanol–water partition coefficient (Wildman–Crippen LogP) is 2.28. The maximum Gasteiger partial charge on any atom is 0.163 e. The SMILES string of the molecule is CCCC[SiH2]OC(C)(C)Cl. The number of rotatable bonds is 5. The number of hydrogen-bond acceptors (Lipinski definition) is 1. The molecule has 0 bridgehead atoms. The predicted molar refractivity (Wildman–Crippen MR) is 49.3 cm³/mol. The smallest absolute Gasteiger partial charge is 0.163 e. The van der Waals surface area contributed by atoms with Crippen molar-refractivity contribution in [2.24, 2.45) is 0 Å². The van der Waals surface area contributed by atoms with Gasteiger partial charge in [0.2, 0.25) is 0 Å². The second kappa shape index (κ2) is 5.16. The van der Waals surface area contributed by atoms with Crippen molar-refractivity contribution in [3.63, 3.8) is 0 Å². The van der Waals surface area contributed by atoms with E-state index < -0.39 is 5.06 Å². The van der Waals surface area contributed by atoms with Crippen LogP contribution in [0.2, 0.25) is 6.04 Å². The van der Waals surface area contributed by atoms with E-state index in [1.165, 1.54) is 18.9 Å². The molecule has 0 rings (SSSR count). The Labute approximate surface area is 71.0 Å². The molecule has 10 heavy (non-hydrogen) atoms. The third-order valence-corrected chi connectivity index (χ3v) is 3.20. The van der Waals surface area contributed by atoms with Gasteiger partial charge in [-0.3, -0.25) is 0 Å². The molecule has 0 fully saturated rings. The highest BCUT2D eigenvalue weighted by molar-refractivity contribution is 6.31. The first kappa shape index (κ1) is 10.5. The van der Waals surface area contributed by atoms with Gasteiger partial charge in [0.25, 0.3) is 0 Å². The molecule has 62 valence electrons. The number of halogens is 1. The van der Waals surface area contributed by atoms with Crippen molar-refractivity contribution >= 4 is 21.4 Å². The fraction of sp³-hybridized carbons (Fsp3) is 1.00. The van der Waals surface area contributed by atoms with E-state index in [1.807, 2.05) is 13.8 Å². The van der Waals surface area contributed by atoms with Crippen LogP contribution in [0.15, 0.2) is 0 Å². The third kappa shape index (κ3) is 8.47. The molecular formula is C7H17ClOSi. The fourth-order valence-electron chi connectivity index (χ4n) is 0.667. The van der Waals surface area contributed by atoms with Gasteiger partial charge in [0, 0.05) is 0 Å². The van der Waals surface area contributed by atoms with Gasteiger partial charge in [0.05, 0.1) is 0 Å². The molecule has 0 spiro atoms. The van der Waals surface area contributed by atoms with Crippen LogP contribution in [-0.4, -0.2) is 14.8 Å². The molecule has 0 radical (unpaired) electrons. The largest absolute Gasteiger partial charge is 0.406 e. The molecule has 0 aliphatic rings. The summed E-state index contributed by atoms with van der Waals surface area (Å²) in [7, 11) is -0.336. The molecule has 0 amide bonds. The zero-order valence-electron chi connectivity index (χ0n) is 7.11. The lowest BCUT2D eigenvalue weighted by Gasteiger charge is -2.16. The molecule has 0 heterocycles. The fourth-order valence-corrected chi connectivity index (χ4v) is 2.23. The molecule has 0 aliphatic carbocycles. The van der Waals surface area contributed by atoms with Gasteiger partial charge < -0.3 is 4.43 Å². The van der Waals surface area contributed by atoms with Gasteiger partial charge in [-0.2, -0.15) is 0 Å². The second-order valence-electron chi connectivity index (χ2n) is 2.92. The van der Waals surface area contributed by atoms with Crippen molar-refractivity contribution in [3.8, 4) is 0 Å². The van der Waals surface area contributed by atoms with Crippen LogP contribution in [0.25, 0.3) is 0 Å². The van der Waals surface area contributed by atoms with E-state index in [-0.39, 0.29) is 9.76 Å². The monoisotopic (exact) mass is 180 g/mol. The van der Waals surface area contributed by atoms with E-state index in [0.29, 0.717) is 0 Å². The zero-order valence-corrected chi connectivity index (χ0v) is 9.28. The van der Waals surface area contributed by atoms with Crippen molar-refractivity contribution in [1.29, 1.82) is 0 Å². The summed E-state index contributed by atoms with van der Waals surface area (Å²) in [6.07, 6.45) is 2.55. The van der Waals surface area contributed by atoms with Crippen LogP contribution in [0.5, 0.6) is 0 Å². The summed E-state index contributed by atoms with van der Waals surface area (Å²) in [6, 6.07) is 1.26.